The molecule has 1 fully saturated rings. The maximum atomic E-state index is 13.1. The number of benzene rings is 3. The number of ketones is 1. The quantitative estimate of drug-likeness (QED) is 0.327. The van der Waals surface area contributed by atoms with Crippen LogP contribution >= 0.6 is 0 Å². The van der Waals surface area contributed by atoms with Crippen molar-refractivity contribution in [3.63, 3.8) is 0 Å². The topological polar surface area (TPSA) is 66.8 Å². The highest BCUT2D eigenvalue weighted by molar-refractivity contribution is 6.51. The number of hydrogen-bond acceptors (Lipinski definition) is 4. The Hall–Kier alpha value is -3.86. The van der Waals surface area contributed by atoms with Crippen molar-refractivity contribution in [2.75, 3.05) is 11.5 Å². The van der Waals surface area contributed by atoms with Gasteiger partial charge in [-0.05, 0) is 35.7 Å². The van der Waals surface area contributed by atoms with Crippen LogP contribution in [0.25, 0.3) is 5.76 Å². The highest BCUT2D eigenvalue weighted by Crippen LogP contribution is 2.42. The largest absolute Gasteiger partial charge is 0.507 e. The highest BCUT2D eigenvalue weighted by atomic mass is 16.5. The molecule has 162 valence electrons. The summed E-state index contributed by atoms with van der Waals surface area (Å²) in [6, 6.07) is 24.5. The third kappa shape index (κ3) is 4.14. The summed E-state index contributed by atoms with van der Waals surface area (Å²) in [5.74, 6) is -0.656. The fourth-order valence-corrected chi connectivity index (χ4v) is 3.79. The molecule has 3 aromatic carbocycles. The Labute approximate surface area is 187 Å². The van der Waals surface area contributed by atoms with Crippen molar-refractivity contribution in [1.82, 2.24) is 0 Å². The van der Waals surface area contributed by atoms with E-state index in [1.54, 1.807) is 36.4 Å². The van der Waals surface area contributed by atoms with E-state index in [1.807, 2.05) is 48.5 Å². The number of amides is 1. The number of Topliss-reactive ketones (excluding diaryl/α,β-unsaturated/α-hetero) is 1. The van der Waals surface area contributed by atoms with E-state index in [4.69, 9.17) is 4.74 Å². The van der Waals surface area contributed by atoms with Gasteiger partial charge < -0.3 is 9.84 Å². The normalized spacial score (nSPS) is 17.7. The van der Waals surface area contributed by atoms with E-state index >= 15 is 0 Å². The molecule has 1 aliphatic rings. The third-order valence-corrected chi connectivity index (χ3v) is 5.28. The molecular formula is C27H25NO4. The van der Waals surface area contributed by atoms with Gasteiger partial charge in [0.15, 0.2) is 0 Å². The lowest BCUT2D eigenvalue weighted by molar-refractivity contribution is -0.132. The van der Waals surface area contributed by atoms with Gasteiger partial charge in [0.2, 0.25) is 0 Å². The molecule has 1 N–H and O–H groups in total. The monoisotopic (exact) mass is 427 g/mol. The Bertz CT molecular complexity index is 1150. The maximum absolute atomic E-state index is 13.1. The van der Waals surface area contributed by atoms with Gasteiger partial charge in [-0.25, -0.2) is 0 Å². The fourth-order valence-electron chi connectivity index (χ4n) is 3.79. The van der Waals surface area contributed by atoms with E-state index in [1.165, 1.54) is 4.90 Å². The second-order valence-corrected chi connectivity index (χ2v) is 8.15. The van der Waals surface area contributed by atoms with Gasteiger partial charge in [-0.1, -0.05) is 74.5 Å². The minimum absolute atomic E-state index is 0.0612. The summed E-state index contributed by atoms with van der Waals surface area (Å²) in [5, 5.41) is 11.2. The van der Waals surface area contributed by atoms with E-state index in [-0.39, 0.29) is 11.3 Å². The molecule has 5 heteroatoms. The van der Waals surface area contributed by atoms with Crippen molar-refractivity contribution in [2.24, 2.45) is 5.92 Å². The summed E-state index contributed by atoms with van der Waals surface area (Å²) >= 11 is 0. The molecule has 0 aliphatic carbocycles. The van der Waals surface area contributed by atoms with Crippen molar-refractivity contribution < 1.29 is 19.4 Å². The number of anilines is 1. The smallest absolute Gasteiger partial charge is 0.300 e. The second-order valence-electron chi connectivity index (χ2n) is 8.15. The zero-order chi connectivity index (χ0) is 22.7. The van der Waals surface area contributed by atoms with Crippen molar-refractivity contribution in [3.05, 3.63) is 102 Å². The third-order valence-electron chi connectivity index (χ3n) is 5.28. The lowest BCUT2D eigenvalue weighted by atomic mass is 9.95. The van der Waals surface area contributed by atoms with E-state index in [0.29, 0.717) is 29.5 Å². The number of carbonyl (C=O) groups excluding carboxylic acids is 2. The number of aliphatic hydroxyl groups excluding tert-OH is 1. The zero-order valence-corrected chi connectivity index (χ0v) is 18.1. The summed E-state index contributed by atoms with van der Waals surface area (Å²) in [7, 11) is 0. The van der Waals surface area contributed by atoms with Gasteiger partial charge in [0.05, 0.1) is 18.2 Å². The van der Waals surface area contributed by atoms with Crippen LogP contribution in [0.1, 0.15) is 31.0 Å². The van der Waals surface area contributed by atoms with Crippen LogP contribution in [-0.2, 0) is 9.59 Å². The Morgan fingerprint density at radius 2 is 1.59 bits per heavy atom. The number of carbonyl (C=O) groups is 2. The van der Waals surface area contributed by atoms with Crippen LogP contribution in [0.5, 0.6) is 5.75 Å². The van der Waals surface area contributed by atoms with Crippen LogP contribution in [0.2, 0.25) is 0 Å². The fraction of sp³-hybridized carbons (Fsp3) is 0.185. The summed E-state index contributed by atoms with van der Waals surface area (Å²) < 4.78 is 5.77. The lowest BCUT2D eigenvalue weighted by Crippen LogP contribution is -2.29. The van der Waals surface area contributed by atoms with Gasteiger partial charge >= 0.3 is 0 Å². The van der Waals surface area contributed by atoms with Crippen molar-refractivity contribution in [1.29, 1.82) is 0 Å². The molecule has 5 nitrogen and oxygen atoms in total. The lowest BCUT2D eigenvalue weighted by Gasteiger charge is -2.25. The van der Waals surface area contributed by atoms with E-state index < -0.39 is 17.7 Å². The number of ether oxygens (including phenoxy) is 1. The first kappa shape index (κ1) is 21.4. The standard InChI is InChI=1S/C27H25NO4/c1-18(2)17-32-22-15-9-12-20(16-22)25(29)23-24(19-10-5-3-6-11-19)28(27(31)26(23)30)21-13-7-4-8-14-21/h3-16,18,24,29H,17H2,1-2H3/b25-23-. The summed E-state index contributed by atoms with van der Waals surface area (Å²) in [5.41, 5.74) is 1.82. The Morgan fingerprint density at radius 3 is 2.25 bits per heavy atom. The molecule has 0 saturated carbocycles. The summed E-state index contributed by atoms with van der Waals surface area (Å²) in [4.78, 5) is 27.7. The van der Waals surface area contributed by atoms with Gasteiger partial charge in [-0.15, -0.1) is 0 Å². The number of hydrogen-bond donors (Lipinski definition) is 1. The van der Waals surface area contributed by atoms with Gasteiger partial charge in [0.1, 0.15) is 11.5 Å². The first-order valence-electron chi connectivity index (χ1n) is 10.6. The van der Waals surface area contributed by atoms with Gasteiger partial charge in [0.25, 0.3) is 11.7 Å². The molecule has 1 amide bonds. The molecule has 1 atom stereocenters. The molecule has 3 aromatic rings. The number of rotatable bonds is 6. The zero-order valence-electron chi connectivity index (χ0n) is 18.1. The van der Waals surface area contributed by atoms with Crippen LogP contribution in [0.4, 0.5) is 5.69 Å². The van der Waals surface area contributed by atoms with Crippen LogP contribution in [0.3, 0.4) is 0 Å². The minimum atomic E-state index is -0.737. The van der Waals surface area contributed by atoms with E-state index in [9.17, 15) is 14.7 Å². The summed E-state index contributed by atoms with van der Waals surface area (Å²) in [6.45, 7) is 4.64. The molecule has 0 radical (unpaired) electrons. The van der Waals surface area contributed by atoms with Gasteiger partial charge in [-0.3, -0.25) is 14.5 Å². The van der Waals surface area contributed by atoms with E-state index in [0.717, 1.165) is 5.56 Å². The van der Waals surface area contributed by atoms with Crippen LogP contribution in [-0.4, -0.2) is 23.4 Å². The van der Waals surface area contributed by atoms with Crippen LogP contribution < -0.4 is 9.64 Å². The average molecular weight is 428 g/mol. The molecule has 0 spiro atoms. The summed E-state index contributed by atoms with van der Waals surface area (Å²) in [6.07, 6.45) is 0. The molecule has 0 bridgehead atoms. The molecular weight excluding hydrogens is 402 g/mol. The van der Waals surface area contributed by atoms with Crippen molar-refractivity contribution in [2.45, 2.75) is 19.9 Å². The Balaban J connectivity index is 1.84. The van der Waals surface area contributed by atoms with Gasteiger partial charge in [-0.2, -0.15) is 0 Å². The second kappa shape index (κ2) is 9.10. The average Bonchev–Trinajstić information content (AvgIpc) is 3.09. The predicted molar refractivity (Wildman–Crippen MR) is 124 cm³/mol. The maximum Gasteiger partial charge on any atom is 0.300 e. The van der Waals surface area contributed by atoms with E-state index in [2.05, 4.69) is 13.8 Å². The molecule has 4 rings (SSSR count). The van der Waals surface area contributed by atoms with Crippen molar-refractivity contribution >= 4 is 23.1 Å². The van der Waals surface area contributed by atoms with Crippen LogP contribution in [0.15, 0.2) is 90.5 Å². The van der Waals surface area contributed by atoms with Crippen LogP contribution in [0, 0.1) is 5.92 Å². The number of aliphatic hydroxyl groups is 1. The Morgan fingerprint density at radius 1 is 0.938 bits per heavy atom. The SMILES string of the molecule is CC(C)COc1cccc(/C(O)=C2/C(=O)C(=O)N(c3ccccc3)C2c2ccccc2)c1. The molecule has 32 heavy (non-hydrogen) atoms. The first-order valence-corrected chi connectivity index (χ1v) is 10.6. The molecule has 1 heterocycles. The molecule has 1 aliphatic heterocycles. The molecule has 1 unspecified atom stereocenters. The minimum Gasteiger partial charge on any atom is -0.507 e. The predicted octanol–water partition coefficient (Wildman–Crippen LogP) is 5.35. The molecule has 0 aromatic heterocycles. The number of para-hydroxylation sites is 1. The molecule has 1 saturated heterocycles. The Kier molecular flexibility index (Phi) is 6.08. The first-order chi connectivity index (χ1) is 15.5. The van der Waals surface area contributed by atoms with Gasteiger partial charge in [0, 0.05) is 11.3 Å². The van der Waals surface area contributed by atoms with Crippen molar-refractivity contribution in [3.8, 4) is 5.75 Å². The highest BCUT2D eigenvalue weighted by Gasteiger charge is 2.46. The number of nitrogens with zero attached hydrogens (tertiary/aromatic N) is 1.